The van der Waals surface area contributed by atoms with E-state index in [1.54, 1.807) is 0 Å². The number of nitrogens with one attached hydrogen (secondary N) is 1. The van der Waals surface area contributed by atoms with Gasteiger partial charge in [0.2, 0.25) is 0 Å². The van der Waals surface area contributed by atoms with E-state index in [2.05, 4.69) is 15.4 Å². The number of fused-ring (bicyclic) bond motifs is 1. The highest BCUT2D eigenvalue weighted by Crippen LogP contribution is 2.37. The standard InChI is InChI=1S/C14H21F3N4/c1-9-18-13-6-5-12(8-21(13)20-9)19-11-4-2-3-10(7-11)14(15,16)17/h10-12,19H,2-8H2,1H3/t10-,11-,12+/m0/s1. The maximum atomic E-state index is 12.8. The Morgan fingerprint density at radius 1 is 1.19 bits per heavy atom. The van der Waals surface area contributed by atoms with Crippen LogP contribution in [0.15, 0.2) is 0 Å². The topological polar surface area (TPSA) is 42.7 Å². The normalized spacial score (nSPS) is 30.2. The van der Waals surface area contributed by atoms with Crippen molar-refractivity contribution in [3.63, 3.8) is 0 Å². The molecular formula is C14H21F3N4. The molecule has 0 aromatic carbocycles. The van der Waals surface area contributed by atoms with E-state index in [0.29, 0.717) is 13.0 Å². The van der Waals surface area contributed by atoms with Gasteiger partial charge in [0.15, 0.2) is 0 Å². The van der Waals surface area contributed by atoms with Gasteiger partial charge in [-0.25, -0.2) is 9.67 Å². The molecule has 1 N–H and O–H groups in total. The van der Waals surface area contributed by atoms with E-state index in [1.165, 1.54) is 0 Å². The maximum absolute atomic E-state index is 12.8. The van der Waals surface area contributed by atoms with Crippen LogP contribution >= 0.6 is 0 Å². The summed E-state index contributed by atoms with van der Waals surface area (Å²) in [6, 6.07) is 0.178. The molecule has 7 heteroatoms. The Labute approximate surface area is 122 Å². The van der Waals surface area contributed by atoms with Crippen LogP contribution in [0.25, 0.3) is 0 Å². The molecule has 1 fully saturated rings. The molecule has 3 atom stereocenters. The largest absolute Gasteiger partial charge is 0.391 e. The van der Waals surface area contributed by atoms with Gasteiger partial charge in [-0.15, -0.1) is 0 Å². The quantitative estimate of drug-likeness (QED) is 0.913. The van der Waals surface area contributed by atoms with Crippen molar-refractivity contribution >= 4 is 0 Å². The molecule has 1 aliphatic carbocycles. The number of aryl methyl sites for hydroxylation is 2. The van der Waals surface area contributed by atoms with E-state index < -0.39 is 12.1 Å². The average molecular weight is 302 g/mol. The molecule has 1 saturated carbocycles. The van der Waals surface area contributed by atoms with Crippen molar-refractivity contribution in [1.82, 2.24) is 20.1 Å². The van der Waals surface area contributed by atoms with Gasteiger partial charge in [-0.3, -0.25) is 0 Å². The van der Waals surface area contributed by atoms with Gasteiger partial charge in [-0.2, -0.15) is 18.3 Å². The second-order valence-corrected chi connectivity index (χ2v) is 6.26. The molecular weight excluding hydrogens is 281 g/mol. The third-order valence-electron chi connectivity index (χ3n) is 4.57. The fraction of sp³-hybridized carbons (Fsp3) is 0.857. The zero-order valence-corrected chi connectivity index (χ0v) is 12.2. The Kier molecular flexibility index (Phi) is 3.94. The molecule has 0 saturated heterocycles. The lowest BCUT2D eigenvalue weighted by atomic mass is 9.84. The van der Waals surface area contributed by atoms with Gasteiger partial charge in [0, 0.05) is 18.5 Å². The summed E-state index contributed by atoms with van der Waals surface area (Å²) in [5.74, 6) is 0.610. The average Bonchev–Trinajstić information content (AvgIpc) is 2.77. The van der Waals surface area contributed by atoms with E-state index >= 15 is 0 Å². The number of alkyl halides is 3. The molecule has 1 aromatic rings. The summed E-state index contributed by atoms with van der Waals surface area (Å²) >= 11 is 0. The van der Waals surface area contributed by atoms with Crippen LogP contribution < -0.4 is 5.32 Å². The minimum atomic E-state index is -4.05. The van der Waals surface area contributed by atoms with Crippen LogP contribution in [0.3, 0.4) is 0 Å². The lowest BCUT2D eigenvalue weighted by Gasteiger charge is -2.34. The van der Waals surface area contributed by atoms with Crippen LogP contribution in [0, 0.1) is 12.8 Å². The Hall–Kier alpha value is -1.11. The van der Waals surface area contributed by atoms with Crippen LogP contribution in [-0.4, -0.2) is 33.0 Å². The summed E-state index contributed by atoms with van der Waals surface area (Å²) < 4.78 is 40.4. The van der Waals surface area contributed by atoms with E-state index in [9.17, 15) is 13.2 Å². The summed E-state index contributed by atoms with van der Waals surface area (Å²) in [4.78, 5) is 4.35. The number of hydrogen-bond donors (Lipinski definition) is 1. The van der Waals surface area contributed by atoms with E-state index in [4.69, 9.17) is 0 Å². The molecule has 21 heavy (non-hydrogen) atoms. The monoisotopic (exact) mass is 302 g/mol. The van der Waals surface area contributed by atoms with E-state index in [-0.39, 0.29) is 24.9 Å². The first kappa shape index (κ1) is 14.8. The molecule has 1 aromatic heterocycles. The van der Waals surface area contributed by atoms with Crippen molar-refractivity contribution in [3.05, 3.63) is 11.6 Å². The molecule has 4 nitrogen and oxygen atoms in total. The molecule has 0 unspecified atom stereocenters. The fourth-order valence-electron chi connectivity index (χ4n) is 3.54. The second kappa shape index (κ2) is 5.59. The third-order valence-corrected chi connectivity index (χ3v) is 4.57. The molecule has 0 spiro atoms. The van der Waals surface area contributed by atoms with Gasteiger partial charge in [0.05, 0.1) is 12.5 Å². The molecule has 0 radical (unpaired) electrons. The smallest absolute Gasteiger partial charge is 0.309 e. The van der Waals surface area contributed by atoms with Gasteiger partial charge < -0.3 is 5.32 Å². The Balaban J connectivity index is 1.57. The molecule has 2 aliphatic rings. The minimum Gasteiger partial charge on any atom is -0.309 e. The van der Waals surface area contributed by atoms with Crippen molar-refractivity contribution in [3.8, 4) is 0 Å². The number of hydrogen-bond acceptors (Lipinski definition) is 3. The third kappa shape index (κ3) is 3.39. The lowest BCUT2D eigenvalue weighted by molar-refractivity contribution is -0.183. The van der Waals surface area contributed by atoms with Gasteiger partial charge in [0.1, 0.15) is 11.6 Å². The van der Waals surface area contributed by atoms with Gasteiger partial charge >= 0.3 is 6.18 Å². The first-order chi connectivity index (χ1) is 9.91. The van der Waals surface area contributed by atoms with E-state index in [0.717, 1.165) is 30.9 Å². The zero-order valence-electron chi connectivity index (χ0n) is 12.2. The summed E-state index contributed by atoms with van der Waals surface area (Å²) in [5, 5.41) is 7.76. The predicted octanol–water partition coefficient (Wildman–Crippen LogP) is 2.61. The SMILES string of the molecule is Cc1nc2n(n1)C[C@H](N[C@H]1CCC[C@H](C(F)(F)F)C1)CC2. The Bertz CT molecular complexity index is 497. The Morgan fingerprint density at radius 2 is 2.00 bits per heavy atom. The maximum Gasteiger partial charge on any atom is 0.391 e. The van der Waals surface area contributed by atoms with Crippen LogP contribution in [0.1, 0.15) is 43.8 Å². The summed E-state index contributed by atoms with van der Waals surface area (Å²) in [5.41, 5.74) is 0. The molecule has 2 heterocycles. The van der Waals surface area contributed by atoms with Gasteiger partial charge in [-0.1, -0.05) is 6.42 Å². The fourth-order valence-corrected chi connectivity index (χ4v) is 3.54. The van der Waals surface area contributed by atoms with Crippen LogP contribution in [0.4, 0.5) is 13.2 Å². The molecule has 3 rings (SSSR count). The van der Waals surface area contributed by atoms with Crippen LogP contribution in [0.5, 0.6) is 0 Å². The Morgan fingerprint density at radius 3 is 2.76 bits per heavy atom. The van der Waals surface area contributed by atoms with Gasteiger partial charge in [0.25, 0.3) is 0 Å². The van der Waals surface area contributed by atoms with Crippen molar-refractivity contribution in [2.45, 2.75) is 70.3 Å². The summed E-state index contributed by atoms with van der Waals surface area (Å²) in [6.45, 7) is 2.58. The van der Waals surface area contributed by atoms with Gasteiger partial charge in [-0.05, 0) is 32.6 Å². The number of nitrogens with zero attached hydrogens (tertiary/aromatic N) is 3. The lowest BCUT2D eigenvalue weighted by Crippen LogP contribution is -2.46. The molecule has 0 amide bonds. The van der Waals surface area contributed by atoms with Crippen LogP contribution in [-0.2, 0) is 13.0 Å². The predicted molar refractivity (Wildman–Crippen MR) is 71.8 cm³/mol. The second-order valence-electron chi connectivity index (χ2n) is 6.26. The number of rotatable bonds is 2. The number of halogens is 3. The van der Waals surface area contributed by atoms with Crippen molar-refractivity contribution < 1.29 is 13.2 Å². The molecule has 1 aliphatic heterocycles. The first-order valence-electron chi connectivity index (χ1n) is 7.65. The highest BCUT2D eigenvalue weighted by molar-refractivity contribution is 4.97. The molecule has 0 bridgehead atoms. The van der Waals surface area contributed by atoms with Crippen molar-refractivity contribution in [1.29, 1.82) is 0 Å². The first-order valence-corrected chi connectivity index (χ1v) is 7.65. The zero-order chi connectivity index (χ0) is 15.0. The summed E-state index contributed by atoms with van der Waals surface area (Å²) in [6.07, 6.45) is -0.307. The minimum absolute atomic E-state index is 0.0263. The summed E-state index contributed by atoms with van der Waals surface area (Å²) in [7, 11) is 0. The molecule has 118 valence electrons. The highest BCUT2D eigenvalue weighted by Gasteiger charge is 2.42. The van der Waals surface area contributed by atoms with Crippen molar-refractivity contribution in [2.24, 2.45) is 5.92 Å². The van der Waals surface area contributed by atoms with E-state index in [1.807, 2.05) is 11.6 Å². The number of aromatic nitrogens is 3. The van der Waals surface area contributed by atoms with Crippen molar-refractivity contribution in [2.75, 3.05) is 0 Å². The van der Waals surface area contributed by atoms with Crippen LogP contribution in [0.2, 0.25) is 0 Å². The highest BCUT2D eigenvalue weighted by atomic mass is 19.4.